The average Bonchev–Trinajstić information content (AvgIpc) is 2.60. The number of nitrogens with zero attached hydrogens (tertiary/aromatic N) is 3. The summed E-state index contributed by atoms with van der Waals surface area (Å²) >= 11 is 0. The Hall–Kier alpha value is -0.870. The summed E-state index contributed by atoms with van der Waals surface area (Å²) in [6.07, 6.45) is 3.87. The van der Waals surface area contributed by atoms with Crippen molar-refractivity contribution >= 4 is 0 Å². The first-order valence-electron chi connectivity index (χ1n) is 6.20. The first kappa shape index (κ1) is 14.2. The molecule has 0 radical (unpaired) electrons. The maximum Gasteiger partial charge on any atom is 0.0951 e. The minimum absolute atomic E-state index is 0.139. The van der Waals surface area contributed by atoms with Gasteiger partial charge in [0.25, 0.3) is 0 Å². The van der Waals surface area contributed by atoms with Gasteiger partial charge in [-0.2, -0.15) is 0 Å². The number of imidazole rings is 1. The van der Waals surface area contributed by atoms with Gasteiger partial charge in [0.05, 0.1) is 12.0 Å². The average molecular weight is 238 g/mol. The second kappa shape index (κ2) is 5.65. The third kappa shape index (κ3) is 4.88. The van der Waals surface area contributed by atoms with Crippen molar-refractivity contribution in [3.05, 3.63) is 18.2 Å². The summed E-state index contributed by atoms with van der Waals surface area (Å²) in [6.45, 7) is 10.6. The second-order valence-electron chi connectivity index (χ2n) is 6.01. The summed E-state index contributed by atoms with van der Waals surface area (Å²) in [5.41, 5.74) is 1.38. The highest BCUT2D eigenvalue weighted by Crippen LogP contribution is 2.11. The smallest absolute Gasteiger partial charge is 0.0951 e. The van der Waals surface area contributed by atoms with Gasteiger partial charge in [0.1, 0.15) is 0 Å². The van der Waals surface area contributed by atoms with E-state index in [0.717, 1.165) is 13.1 Å². The maximum atomic E-state index is 4.26. The summed E-state index contributed by atoms with van der Waals surface area (Å²) in [5.74, 6) is 0. The molecular weight excluding hydrogens is 212 g/mol. The van der Waals surface area contributed by atoms with E-state index in [1.165, 1.54) is 5.69 Å². The van der Waals surface area contributed by atoms with Crippen LogP contribution in [0.25, 0.3) is 0 Å². The lowest BCUT2D eigenvalue weighted by molar-refractivity contribution is 0.328. The Morgan fingerprint density at radius 1 is 1.41 bits per heavy atom. The summed E-state index contributed by atoms with van der Waals surface area (Å²) in [7, 11) is 4.20. The van der Waals surface area contributed by atoms with Crippen LogP contribution in [0, 0.1) is 0 Å². The van der Waals surface area contributed by atoms with Gasteiger partial charge in [-0.15, -0.1) is 0 Å². The van der Waals surface area contributed by atoms with Gasteiger partial charge in [0.15, 0.2) is 0 Å². The van der Waals surface area contributed by atoms with Crippen molar-refractivity contribution in [3.63, 3.8) is 0 Å². The highest BCUT2D eigenvalue weighted by atomic mass is 15.2. The monoisotopic (exact) mass is 238 g/mol. The molecule has 1 unspecified atom stereocenters. The molecule has 0 saturated heterocycles. The summed E-state index contributed by atoms with van der Waals surface area (Å²) in [4.78, 5) is 6.46. The molecule has 1 aromatic heterocycles. The molecule has 1 rings (SSSR count). The fraction of sp³-hybridized carbons (Fsp3) is 0.769. The van der Waals surface area contributed by atoms with Crippen molar-refractivity contribution in [3.8, 4) is 0 Å². The molecule has 0 aliphatic rings. The van der Waals surface area contributed by atoms with Crippen molar-refractivity contribution in [1.82, 2.24) is 19.8 Å². The van der Waals surface area contributed by atoms with Gasteiger partial charge in [-0.25, -0.2) is 4.98 Å². The zero-order valence-electron chi connectivity index (χ0n) is 12.0. The van der Waals surface area contributed by atoms with E-state index in [9.17, 15) is 0 Å². The lowest BCUT2D eigenvalue weighted by atomic mass is 10.1. The fourth-order valence-corrected chi connectivity index (χ4v) is 1.84. The summed E-state index contributed by atoms with van der Waals surface area (Å²) in [5, 5.41) is 3.50. The van der Waals surface area contributed by atoms with Crippen LogP contribution in [0.5, 0.6) is 0 Å². The molecule has 0 aromatic carbocycles. The molecule has 17 heavy (non-hydrogen) atoms. The van der Waals surface area contributed by atoms with E-state index in [-0.39, 0.29) is 5.54 Å². The molecule has 0 aliphatic carbocycles. The maximum absolute atomic E-state index is 4.26. The van der Waals surface area contributed by atoms with Crippen LogP contribution in [0.3, 0.4) is 0 Å². The van der Waals surface area contributed by atoms with Crippen molar-refractivity contribution < 1.29 is 0 Å². The van der Waals surface area contributed by atoms with Gasteiger partial charge < -0.3 is 14.8 Å². The van der Waals surface area contributed by atoms with E-state index < -0.39 is 0 Å². The Labute approximate surface area is 105 Å². The third-order valence-electron chi connectivity index (χ3n) is 2.65. The molecule has 4 nitrogen and oxygen atoms in total. The lowest BCUT2D eigenvalue weighted by Crippen LogP contribution is -2.36. The van der Waals surface area contributed by atoms with Crippen LogP contribution in [0.2, 0.25) is 0 Å². The Bertz CT molecular complexity index is 335. The molecule has 0 amide bonds. The van der Waals surface area contributed by atoms with Crippen molar-refractivity contribution in [1.29, 1.82) is 0 Å². The van der Waals surface area contributed by atoms with Crippen LogP contribution in [0.4, 0.5) is 0 Å². The largest absolute Gasteiger partial charge is 0.329 e. The van der Waals surface area contributed by atoms with Gasteiger partial charge in [-0.3, -0.25) is 0 Å². The number of nitrogens with one attached hydrogen (secondary N) is 1. The van der Waals surface area contributed by atoms with Crippen LogP contribution in [-0.2, 0) is 6.54 Å². The molecule has 0 saturated carbocycles. The van der Waals surface area contributed by atoms with Crippen LogP contribution in [-0.4, -0.2) is 40.6 Å². The third-order valence-corrected chi connectivity index (χ3v) is 2.65. The SMILES string of the molecule is CC(CN(C)C)n1cncc1CNC(C)(C)C. The van der Waals surface area contributed by atoms with Crippen LogP contribution in [0.15, 0.2) is 12.5 Å². The zero-order chi connectivity index (χ0) is 13.1. The predicted molar refractivity (Wildman–Crippen MR) is 72.1 cm³/mol. The quantitative estimate of drug-likeness (QED) is 0.850. The van der Waals surface area contributed by atoms with E-state index in [1.807, 2.05) is 12.5 Å². The molecular formula is C13H26N4. The van der Waals surface area contributed by atoms with Gasteiger partial charge in [-0.1, -0.05) is 0 Å². The van der Waals surface area contributed by atoms with Crippen LogP contribution in [0.1, 0.15) is 39.4 Å². The van der Waals surface area contributed by atoms with Gasteiger partial charge in [0.2, 0.25) is 0 Å². The number of likely N-dealkylation sites (N-methyl/N-ethyl adjacent to an activating group) is 1. The lowest BCUT2D eigenvalue weighted by Gasteiger charge is -2.24. The number of aromatic nitrogens is 2. The Balaban J connectivity index is 2.65. The highest BCUT2D eigenvalue weighted by molar-refractivity contribution is 5.01. The number of rotatable bonds is 5. The number of hydrogen-bond acceptors (Lipinski definition) is 3. The fourth-order valence-electron chi connectivity index (χ4n) is 1.84. The normalized spacial score (nSPS) is 14.3. The van der Waals surface area contributed by atoms with Gasteiger partial charge in [0, 0.05) is 30.9 Å². The standard InChI is InChI=1S/C13H26N4/c1-11(9-16(5)6)17-10-14-7-12(17)8-15-13(2,3)4/h7,10-11,15H,8-9H2,1-6H3. The number of hydrogen-bond donors (Lipinski definition) is 1. The van der Waals surface area contributed by atoms with Crippen LogP contribution < -0.4 is 5.32 Å². The Morgan fingerprint density at radius 3 is 2.59 bits per heavy atom. The molecule has 0 fully saturated rings. The minimum atomic E-state index is 0.139. The Kier molecular flexibility index (Phi) is 4.71. The molecule has 0 spiro atoms. The molecule has 1 atom stereocenters. The summed E-state index contributed by atoms with van der Waals surface area (Å²) in [6, 6.07) is 0.448. The molecule has 0 aliphatic heterocycles. The van der Waals surface area contributed by atoms with E-state index in [0.29, 0.717) is 6.04 Å². The highest BCUT2D eigenvalue weighted by Gasteiger charge is 2.13. The first-order valence-corrected chi connectivity index (χ1v) is 6.20. The molecule has 1 aromatic rings. The molecule has 1 heterocycles. The van der Waals surface area contributed by atoms with Crippen LogP contribution >= 0.6 is 0 Å². The van der Waals surface area contributed by atoms with E-state index in [1.54, 1.807) is 0 Å². The topological polar surface area (TPSA) is 33.1 Å². The Morgan fingerprint density at radius 2 is 2.06 bits per heavy atom. The van der Waals surface area contributed by atoms with Gasteiger partial charge >= 0.3 is 0 Å². The second-order valence-corrected chi connectivity index (χ2v) is 6.01. The molecule has 98 valence electrons. The van der Waals surface area contributed by atoms with Crippen molar-refractivity contribution in [2.45, 2.75) is 45.8 Å². The van der Waals surface area contributed by atoms with Crippen molar-refractivity contribution in [2.24, 2.45) is 0 Å². The van der Waals surface area contributed by atoms with E-state index >= 15 is 0 Å². The predicted octanol–water partition coefficient (Wildman–Crippen LogP) is 1.89. The molecule has 4 heteroatoms. The van der Waals surface area contributed by atoms with E-state index in [2.05, 4.69) is 61.6 Å². The van der Waals surface area contributed by atoms with E-state index in [4.69, 9.17) is 0 Å². The minimum Gasteiger partial charge on any atom is -0.329 e. The zero-order valence-corrected chi connectivity index (χ0v) is 12.0. The van der Waals surface area contributed by atoms with Gasteiger partial charge in [-0.05, 0) is 41.8 Å². The first-order chi connectivity index (χ1) is 7.79. The summed E-state index contributed by atoms with van der Waals surface area (Å²) < 4.78 is 2.25. The van der Waals surface area contributed by atoms with Crippen molar-refractivity contribution in [2.75, 3.05) is 20.6 Å². The molecule has 1 N–H and O–H groups in total. The molecule has 0 bridgehead atoms.